The van der Waals surface area contributed by atoms with Crippen LogP contribution in [0.15, 0.2) is 35.2 Å². The minimum absolute atomic E-state index is 0.0498. The zero-order valence-electron chi connectivity index (χ0n) is 16.8. The quantitative estimate of drug-likeness (QED) is 0.646. The topological polar surface area (TPSA) is 84.9 Å². The van der Waals surface area contributed by atoms with Crippen LogP contribution in [-0.2, 0) is 14.8 Å². The molecule has 2 aromatic rings. The second kappa shape index (κ2) is 9.47. The first-order valence-corrected chi connectivity index (χ1v) is 11.3. The van der Waals surface area contributed by atoms with Crippen LogP contribution in [-0.4, -0.2) is 51.0 Å². The molecule has 2 aromatic carbocycles. The van der Waals surface area contributed by atoms with E-state index in [1.165, 1.54) is 22.5 Å². The lowest BCUT2D eigenvalue weighted by atomic mass is 10.2. The maximum absolute atomic E-state index is 13.6. The Kier molecular flexibility index (Phi) is 7.15. The summed E-state index contributed by atoms with van der Waals surface area (Å²) >= 11 is 5.88. The number of nitrogens with one attached hydrogen (secondary N) is 1. The number of hydrogen-bond donors (Lipinski definition) is 1. The fourth-order valence-electron chi connectivity index (χ4n) is 2.95. The average Bonchev–Trinajstić information content (AvgIpc) is 2.72. The van der Waals surface area contributed by atoms with Crippen molar-refractivity contribution in [1.82, 2.24) is 4.31 Å². The van der Waals surface area contributed by atoms with Crippen molar-refractivity contribution in [2.45, 2.75) is 24.8 Å². The lowest BCUT2D eigenvalue weighted by molar-refractivity contribution is 0.0730. The Morgan fingerprint density at radius 1 is 1.16 bits per heavy atom. The van der Waals surface area contributed by atoms with Gasteiger partial charge in [0.15, 0.2) is 11.6 Å². The molecule has 168 valence electrons. The predicted molar refractivity (Wildman–Crippen MR) is 111 cm³/mol. The van der Waals surface area contributed by atoms with Crippen molar-refractivity contribution in [3.05, 3.63) is 52.6 Å². The molecule has 11 heteroatoms. The average molecular weight is 475 g/mol. The van der Waals surface area contributed by atoms with Gasteiger partial charge in [-0.25, -0.2) is 17.2 Å². The molecule has 31 heavy (non-hydrogen) atoms. The fourth-order valence-corrected chi connectivity index (χ4v) is 4.62. The van der Waals surface area contributed by atoms with Gasteiger partial charge in [0.05, 0.1) is 40.5 Å². The van der Waals surface area contributed by atoms with Gasteiger partial charge < -0.3 is 14.8 Å². The van der Waals surface area contributed by atoms with E-state index in [-0.39, 0.29) is 59.3 Å². The van der Waals surface area contributed by atoms with E-state index in [1.54, 1.807) is 13.8 Å². The van der Waals surface area contributed by atoms with Crippen molar-refractivity contribution in [2.75, 3.05) is 31.6 Å². The van der Waals surface area contributed by atoms with Crippen molar-refractivity contribution in [2.24, 2.45) is 0 Å². The number of hydrogen-bond acceptors (Lipinski definition) is 5. The Morgan fingerprint density at radius 2 is 1.81 bits per heavy atom. The molecule has 0 unspecified atom stereocenters. The number of morpholine rings is 1. The molecule has 1 N–H and O–H groups in total. The first kappa shape index (κ1) is 23.4. The number of carbonyl (C=O) groups is 1. The van der Waals surface area contributed by atoms with E-state index in [2.05, 4.69) is 5.32 Å². The first-order valence-electron chi connectivity index (χ1n) is 9.44. The summed E-state index contributed by atoms with van der Waals surface area (Å²) in [5.41, 5.74) is -0.258. The number of sulfonamides is 1. The molecule has 3 rings (SSSR count). The molecule has 0 aliphatic carbocycles. The Bertz CT molecular complexity index is 1090. The fraction of sp³-hybridized carbons (Fsp3) is 0.350. The maximum atomic E-state index is 13.6. The summed E-state index contributed by atoms with van der Waals surface area (Å²) in [6.45, 7) is 4.50. The van der Waals surface area contributed by atoms with E-state index in [0.29, 0.717) is 12.1 Å². The van der Waals surface area contributed by atoms with Crippen LogP contribution in [0.2, 0.25) is 5.02 Å². The monoisotopic (exact) mass is 474 g/mol. The molecule has 1 saturated heterocycles. The van der Waals surface area contributed by atoms with Gasteiger partial charge in [-0.15, -0.1) is 0 Å². The molecule has 0 atom stereocenters. The van der Waals surface area contributed by atoms with Crippen LogP contribution < -0.4 is 10.1 Å². The van der Waals surface area contributed by atoms with Crippen LogP contribution in [0.5, 0.6) is 5.75 Å². The normalized spacial score (nSPS) is 15.2. The molecule has 0 radical (unpaired) electrons. The second-order valence-electron chi connectivity index (χ2n) is 7.04. The van der Waals surface area contributed by atoms with Gasteiger partial charge in [-0.05, 0) is 44.2 Å². The first-order chi connectivity index (χ1) is 14.6. The second-order valence-corrected chi connectivity index (χ2v) is 9.39. The Balaban J connectivity index is 1.98. The van der Waals surface area contributed by atoms with E-state index in [4.69, 9.17) is 21.1 Å². The standard InChI is InChI=1S/C20H21ClF2N2O5S/c1-12(2)30-19-4-3-13(31(27,28)25-5-7-29-8-6-25)9-18(19)24-20(26)14-10-16(22)17(23)11-15(14)21/h3-4,9-12H,5-8H2,1-2H3,(H,24,26). The maximum Gasteiger partial charge on any atom is 0.257 e. The molecule has 1 fully saturated rings. The number of halogens is 3. The van der Waals surface area contributed by atoms with Gasteiger partial charge in [0, 0.05) is 13.1 Å². The van der Waals surface area contributed by atoms with Gasteiger partial charge in [0.2, 0.25) is 10.0 Å². The number of rotatable bonds is 6. The molecule has 0 bridgehead atoms. The highest BCUT2D eigenvalue weighted by atomic mass is 35.5. The Hall–Kier alpha value is -2.27. The summed E-state index contributed by atoms with van der Waals surface area (Å²) in [6.07, 6.45) is -0.274. The predicted octanol–water partition coefficient (Wildman–Crippen LogP) is 3.68. The van der Waals surface area contributed by atoms with Crippen LogP contribution in [0.4, 0.5) is 14.5 Å². The zero-order valence-corrected chi connectivity index (χ0v) is 18.4. The molecular weight excluding hydrogens is 454 g/mol. The number of nitrogens with zero attached hydrogens (tertiary/aromatic N) is 1. The summed E-state index contributed by atoms with van der Waals surface area (Å²) < 4.78 is 65.0. The van der Waals surface area contributed by atoms with E-state index >= 15 is 0 Å². The van der Waals surface area contributed by atoms with Crippen molar-refractivity contribution in [3.8, 4) is 5.75 Å². The van der Waals surface area contributed by atoms with Crippen molar-refractivity contribution in [3.63, 3.8) is 0 Å². The lowest BCUT2D eigenvalue weighted by Crippen LogP contribution is -2.40. The molecule has 0 saturated carbocycles. The Morgan fingerprint density at radius 3 is 2.45 bits per heavy atom. The van der Waals surface area contributed by atoms with Gasteiger partial charge in [-0.3, -0.25) is 4.79 Å². The summed E-state index contributed by atoms with van der Waals surface area (Å²) in [5.74, 6) is -3.07. The Labute approximate surface area is 183 Å². The minimum Gasteiger partial charge on any atom is -0.489 e. The number of anilines is 1. The van der Waals surface area contributed by atoms with Crippen LogP contribution in [0.3, 0.4) is 0 Å². The van der Waals surface area contributed by atoms with Gasteiger partial charge in [0.1, 0.15) is 5.75 Å². The van der Waals surface area contributed by atoms with Gasteiger partial charge >= 0.3 is 0 Å². The molecule has 1 aliphatic heterocycles. The molecule has 0 aromatic heterocycles. The van der Waals surface area contributed by atoms with Crippen LogP contribution in [0.25, 0.3) is 0 Å². The molecular formula is C20H21ClF2N2O5S. The number of amides is 1. The molecule has 1 heterocycles. The SMILES string of the molecule is CC(C)Oc1ccc(S(=O)(=O)N2CCOCC2)cc1NC(=O)c1cc(F)c(F)cc1Cl. The van der Waals surface area contributed by atoms with Crippen LogP contribution in [0, 0.1) is 11.6 Å². The van der Waals surface area contributed by atoms with Crippen molar-refractivity contribution in [1.29, 1.82) is 0 Å². The highest BCUT2D eigenvalue weighted by molar-refractivity contribution is 7.89. The third-order valence-electron chi connectivity index (χ3n) is 4.42. The van der Waals surface area contributed by atoms with E-state index in [0.717, 1.165) is 0 Å². The van der Waals surface area contributed by atoms with Crippen molar-refractivity contribution >= 4 is 33.2 Å². The van der Waals surface area contributed by atoms with Crippen LogP contribution in [0.1, 0.15) is 24.2 Å². The largest absolute Gasteiger partial charge is 0.489 e. The summed E-state index contributed by atoms with van der Waals surface area (Å²) in [7, 11) is -3.84. The minimum atomic E-state index is -3.84. The zero-order chi connectivity index (χ0) is 22.8. The van der Waals surface area contributed by atoms with E-state index in [9.17, 15) is 22.0 Å². The van der Waals surface area contributed by atoms with Gasteiger partial charge in [-0.2, -0.15) is 4.31 Å². The highest BCUT2D eigenvalue weighted by Crippen LogP contribution is 2.31. The van der Waals surface area contributed by atoms with Crippen molar-refractivity contribution < 1.29 is 31.5 Å². The van der Waals surface area contributed by atoms with E-state index < -0.39 is 27.6 Å². The third kappa shape index (κ3) is 5.32. The highest BCUT2D eigenvalue weighted by Gasteiger charge is 2.28. The van der Waals surface area contributed by atoms with Crippen LogP contribution >= 0.6 is 11.6 Å². The molecule has 1 aliphatic rings. The summed E-state index contributed by atoms with van der Waals surface area (Å²) in [4.78, 5) is 12.6. The lowest BCUT2D eigenvalue weighted by Gasteiger charge is -2.26. The summed E-state index contributed by atoms with van der Waals surface area (Å²) in [6, 6.07) is 5.42. The number of carbonyl (C=O) groups excluding carboxylic acids is 1. The molecule has 0 spiro atoms. The van der Waals surface area contributed by atoms with Gasteiger partial charge in [0.25, 0.3) is 5.91 Å². The third-order valence-corrected chi connectivity index (χ3v) is 6.63. The number of ether oxygens (including phenoxy) is 2. The van der Waals surface area contributed by atoms with Gasteiger partial charge in [-0.1, -0.05) is 11.6 Å². The summed E-state index contributed by atoms with van der Waals surface area (Å²) in [5, 5.41) is 2.20. The molecule has 7 nitrogen and oxygen atoms in total. The number of benzene rings is 2. The smallest absolute Gasteiger partial charge is 0.257 e. The van der Waals surface area contributed by atoms with E-state index in [1.807, 2.05) is 0 Å². The molecule has 1 amide bonds.